The number of thioether (sulfide) groups is 1. The maximum atomic E-state index is 13.9. The summed E-state index contributed by atoms with van der Waals surface area (Å²) in [5, 5.41) is 13.0. The van der Waals surface area contributed by atoms with E-state index in [1.165, 1.54) is 30.8 Å². The predicted molar refractivity (Wildman–Crippen MR) is 148 cm³/mol. The molecule has 42 heavy (non-hydrogen) atoms. The second-order valence-corrected chi connectivity index (χ2v) is 13.5. The number of alkyl halides is 3. The van der Waals surface area contributed by atoms with Crippen molar-refractivity contribution in [2.45, 2.75) is 41.8 Å². The van der Waals surface area contributed by atoms with E-state index in [2.05, 4.69) is 10.3 Å². The minimum absolute atomic E-state index is 0.0428. The van der Waals surface area contributed by atoms with Crippen molar-refractivity contribution in [3.63, 3.8) is 0 Å². The number of phenols is 1. The maximum Gasteiger partial charge on any atom is 0.416 e. The number of H-pyrrole nitrogens is 1. The minimum Gasteiger partial charge on any atom is -0.508 e. The second-order valence-electron chi connectivity index (χ2n) is 11.3. The smallest absolute Gasteiger partial charge is 0.416 e. The van der Waals surface area contributed by atoms with Crippen LogP contribution in [-0.2, 0) is 20.6 Å². The quantitative estimate of drug-likeness (QED) is 0.368. The van der Waals surface area contributed by atoms with Gasteiger partial charge in [-0.15, -0.1) is 11.8 Å². The number of amides is 3. The molecule has 8 atom stereocenters. The third kappa shape index (κ3) is 4.03. The van der Waals surface area contributed by atoms with Gasteiger partial charge in [0.2, 0.25) is 17.7 Å². The molecule has 2 saturated carbocycles. The molecule has 218 valence electrons. The number of hydrogen-bond donors (Lipinski definition) is 3. The van der Waals surface area contributed by atoms with Crippen molar-refractivity contribution in [1.82, 2.24) is 9.88 Å². The number of nitrogens with one attached hydrogen (secondary N) is 2. The number of anilines is 1. The minimum atomic E-state index is -4.59. The van der Waals surface area contributed by atoms with Crippen LogP contribution in [-0.4, -0.2) is 44.0 Å². The number of imide groups is 1. The molecule has 8 nitrogen and oxygen atoms in total. The Hall–Kier alpha value is -3.58. The predicted octanol–water partition coefficient (Wildman–Crippen LogP) is 4.66. The van der Waals surface area contributed by atoms with E-state index in [1.807, 2.05) is 12.1 Å². The van der Waals surface area contributed by atoms with Crippen LogP contribution in [0.15, 0.2) is 58.4 Å². The van der Waals surface area contributed by atoms with E-state index in [1.54, 1.807) is 12.1 Å². The van der Waals surface area contributed by atoms with Crippen molar-refractivity contribution in [2.75, 3.05) is 5.32 Å². The molecule has 7 rings (SSSR count). The molecule has 0 spiro atoms. The molecule has 2 aliphatic heterocycles. The van der Waals surface area contributed by atoms with Crippen LogP contribution >= 0.6 is 23.1 Å². The van der Waals surface area contributed by atoms with Crippen molar-refractivity contribution < 1.29 is 32.7 Å². The molecule has 13 heteroatoms. The Bertz CT molecular complexity index is 1690. The molecule has 3 heterocycles. The topological polar surface area (TPSA) is 120 Å². The number of fused-ring (bicyclic) bond motifs is 9. The van der Waals surface area contributed by atoms with E-state index < -0.39 is 47.3 Å². The van der Waals surface area contributed by atoms with E-state index in [0.29, 0.717) is 6.42 Å². The highest BCUT2D eigenvalue weighted by molar-refractivity contribution is 8.00. The number of aromatic nitrogens is 1. The number of phenolic OH excluding ortho intramolecular Hbond substituents is 1. The van der Waals surface area contributed by atoms with Crippen LogP contribution in [0.2, 0.25) is 0 Å². The average molecular weight is 616 g/mol. The largest absolute Gasteiger partial charge is 0.508 e. The molecule has 1 aromatic heterocycles. The molecule has 2 aromatic carbocycles. The third-order valence-corrected chi connectivity index (χ3v) is 11.8. The highest BCUT2D eigenvalue weighted by atomic mass is 32.2. The van der Waals surface area contributed by atoms with Gasteiger partial charge in [0.15, 0.2) is 0 Å². The van der Waals surface area contributed by atoms with Crippen molar-refractivity contribution in [1.29, 1.82) is 0 Å². The lowest BCUT2D eigenvalue weighted by Gasteiger charge is -2.43. The fourth-order valence-corrected chi connectivity index (χ4v) is 10.5. The number of likely N-dealkylation sites (tertiary alicyclic amines) is 1. The van der Waals surface area contributed by atoms with Crippen LogP contribution in [0.1, 0.15) is 35.3 Å². The molecule has 0 radical (unpaired) electrons. The van der Waals surface area contributed by atoms with Crippen molar-refractivity contribution in [3.05, 3.63) is 74.2 Å². The lowest BCUT2D eigenvalue weighted by molar-refractivity contribution is -0.146. The maximum absolute atomic E-state index is 13.9. The van der Waals surface area contributed by atoms with E-state index in [0.717, 1.165) is 43.8 Å². The normalized spacial score (nSPS) is 30.2. The molecule has 4 aliphatic rings. The number of nitrogens with zero attached hydrogens (tertiary/aromatic N) is 1. The molecule has 2 bridgehead atoms. The SMILES string of the molecule is CC(C(=O)Nc1cccc(C(F)(F)F)c1)N1C(=O)C2C3CC(C2C1=O)C1C(c2ccc(O)cc2)c2sc(=O)[nH]c2SC31. The molecular formula is C29H24F3N3O5S2. The summed E-state index contributed by atoms with van der Waals surface area (Å²) in [7, 11) is 0. The van der Waals surface area contributed by atoms with E-state index in [-0.39, 0.29) is 45.2 Å². The second kappa shape index (κ2) is 9.46. The van der Waals surface area contributed by atoms with Crippen molar-refractivity contribution in [2.24, 2.45) is 29.6 Å². The lowest BCUT2D eigenvalue weighted by atomic mass is 9.68. The third-order valence-electron chi connectivity index (χ3n) is 9.23. The summed E-state index contributed by atoms with van der Waals surface area (Å²) in [4.78, 5) is 57.7. The summed E-state index contributed by atoms with van der Waals surface area (Å²) in [6, 6.07) is 9.79. The van der Waals surface area contributed by atoms with Gasteiger partial charge in [-0.1, -0.05) is 29.5 Å². The summed E-state index contributed by atoms with van der Waals surface area (Å²) in [5.41, 5.74) is -0.1000. The summed E-state index contributed by atoms with van der Waals surface area (Å²) in [6.07, 6.45) is -3.92. The summed E-state index contributed by atoms with van der Waals surface area (Å²) < 4.78 is 39.4. The Balaban J connectivity index is 1.18. The Kier molecular flexibility index (Phi) is 6.14. The molecule has 3 N–H and O–H groups in total. The van der Waals surface area contributed by atoms with Gasteiger partial charge < -0.3 is 15.4 Å². The van der Waals surface area contributed by atoms with Gasteiger partial charge >= 0.3 is 11.0 Å². The van der Waals surface area contributed by atoms with Gasteiger partial charge in [-0.3, -0.25) is 24.1 Å². The number of carbonyl (C=O) groups is 3. The van der Waals surface area contributed by atoms with Crippen LogP contribution < -0.4 is 10.2 Å². The zero-order valence-corrected chi connectivity index (χ0v) is 23.6. The number of carbonyl (C=O) groups excluding carboxylic acids is 3. The van der Waals surface area contributed by atoms with E-state index in [9.17, 15) is 37.5 Å². The fourth-order valence-electron chi connectivity index (χ4n) is 7.61. The van der Waals surface area contributed by atoms with Crippen LogP contribution in [0.3, 0.4) is 0 Å². The first kappa shape index (κ1) is 27.3. The zero-order valence-electron chi connectivity index (χ0n) is 21.9. The van der Waals surface area contributed by atoms with Crippen molar-refractivity contribution in [3.8, 4) is 5.75 Å². The summed E-state index contributed by atoms with van der Waals surface area (Å²) in [5.74, 6) is -3.30. The monoisotopic (exact) mass is 615 g/mol. The molecule has 8 unspecified atom stereocenters. The standard InChI is InChI=1S/C29H24F3N3O5S2/c1-11(24(37)33-14-4-2-3-13(9-14)29(30,31)32)35-26(38)20-16-10-17(21(20)27(35)39)22-19(16)18(12-5-7-15(36)8-6-12)23-25(41-22)34-28(40)42-23/h2-9,11,16-22,36H,10H2,1H3,(H,33,37)(H,34,40). The van der Waals surface area contributed by atoms with Gasteiger partial charge in [0, 0.05) is 21.7 Å². The summed E-state index contributed by atoms with van der Waals surface area (Å²) >= 11 is 2.67. The lowest BCUT2D eigenvalue weighted by Crippen LogP contribution is -2.46. The number of hydrogen-bond acceptors (Lipinski definition) is 7. The Morgan fingerprint density at radius 2 is 1.76 bits per heavy atom. The Morgan fingerprint density at radius 1 is 1.07 bits per heavy atom. The van der Waals surface area contributed by atoms with Gasteiger partial charge in [-0.05, 0) is 67.0 Å². The van der Waals surface area contributed by atoms with Crippen molar-refractivity contribution >= 4 is 46.5 Å². The zero-order chi connectivity index (χ0) is 29.7. The molecule has 3 amide bonds. The molecule has 2 aliphatic carbocycles. The number of rotatable bonds is 4. The number of benzene rings is 2. The van der Waals surface area contributed by atoms with Crippen LogP contribution in [0, 0.1) is 29.6 Å². The first-order chi connectivity index (χ1) is 19.9. The van der Waals surface area contributed by atoms with Crippen LogP contribution in [0.4, 0.5) is 18.9 Å². The Morgan fingerprint density at radius 3 is 2.45 bits per heavy atom. The summed E-state index contributed by atoms with van der Waals surface area (Å²) in [6.45, 7) is 1.41. The van der Waals surface area contributed by atoms with Gasteiger partial charge in [-0.25, -0.2) is 0 Å². The number of aromatic hydroxyl groups is 1. The highest BCUT2D eigenvalue weighted by Crippen LogP contribution is 2.68. The Labute approximate surface area is 245 Å². The molecular weight excluding hydrogens is 591 g/mol. The van der Waals surface area contributed by atoms with Gasteiger partial charge in [0.25, 0.3) is 0 Å². The van der Waals surface area contributed by atoms with E-state index in [4.69, 9.17) is 0 Å². The van der Waals surface area contributed by atoms with Gasteiger partial charge in [-0.2, -0.15) is 13.2 Å². The molecule has 1 saturated heterocycles. The molecule has 3 aromatic rings. The first-order valence-electron chi connectivity index (χ1n) is 13.5. The first-order valence-corrected chi connectivity index (χ1v) is 15.2. The number of thiazole rings is 1. The number of aromatic amines is 1. The van der Waals surface area contributed by atoms with Crippen LogP contribution in [0.5, 0.6) is 5.75 Å². The average Bonchev–Trinajstić information content (AvgIpc) is 3.67. The van der Waals surface area contributed by atoms with Crippen LogP contribution in [0.25, 0.3) is 0 Å². The highest BCUT2D eigenvalue weighted by Gasteiger charge is 2.70. The molecule has 3 fully saturated rings. The van der Waals surface area contributed by atoms with Gasteiger partial charge in [0.05, 0.1) is 22.4 Å². The fraction of sp³-hybridized carbons (Fsp3) is 0.379. The van der Waals surface area contributed by atoms with Gasteiger partial charge in [0.1, 0.15) is 11.8 Å². The number of halogens is 3. The van der Waals surface area contributed by atoms with E-state index >= 15 is 0 Å².